The Bertz CT molecular complexity index is 861. The van der Waals surface area contributed by atoms with Crippen molar-refractivity contribution in [1.82, 2.24) is 10.1 Å². The Hall–Kier alpha value is -3.22. The first kappa shape index (κ1) is 16.6. The first-order valence-electron chi connectivity index (χ1n) is 7.68. The highest BCUT2D eigenvalue weighted by Gasteiger charge is 2.22. The van der Waals surface area contributed by atoms with E-state index in [0.29, 0.717) is 16.8 Å². The van der Waals surface area contributed by atoms with Gasteiger partial charge in [-0.15, -0.1) is 0 Å². The summed E-state index contributed by atoms with van der Waals surface area (Å²) < 4.78 is 23.6. The molecule has 2 heterocycles. The van der Waals surface area contributed by atoms with Crippen LogP contribution in [-0.2, 0) is 4.74 Å². The standard InChI is InChI=1S/C18H16FN3O3/c1-11(2)24-18(23)21-17-15(12-7-9-20-10-8-12)16(22-25-17)13-3-5-14(19)6-4-13/h3-11H,1-2H3,(H,21,23). The fourth-order valence-corrected chi connectivity index (χ4v) is 2.30. The molecular formula is C18H16FN3O3. The predicted molar refractivity (Wildman–Crippen MR) is 90.4 cm³/mol. The van der Waals surface area contributed by atoms with Crippen LogP contribution < -0.4 is 5.32 Å². The van der Waals surface area contributed by atoms with Crippen LogP contribution >= 0.6 is 0 Å². The molecule has 0 unspecified atom stereocenters. The number of nitrogens with zero attached hydrogens (tertiary/aromatic N) is 2. The quantitative estimate of drug-likeness (QED) is 0.756. The molecule has 0 spiro atoms. The van der Waals surface area contributed by atoms with Gasteiger partial charge in [-0.2, -0.15) is 0 Å². The summed E-state index contributed by atoms with van der Waals surface area (Å²) in [6.07, 6.45) is 2.32. The number of anilines is 1. The lowest BCUT2D eigenvalue weighted by molar-refractivity contribution is 0.129. The third kappa shape index (κ3) is 3.82. The average molecular weight is 341 g/mol. The number of pyridine rings is 1. The van der Waals surface area contributed by atoms with Crippen molar-refractivity contribution in [3.8, 4) is 22.4 Å². The van der Waals surface area contributed by atoms with Gasteiger partial charge in [-0.25, -0.2) is 9.18 Å². The summed E-state index contributed by atoms with van der Waals surface area (Å²) in [6, 6.07) is 9.38. The van der Waals surface area contributed by atoms with Gasteiger partial charge < -0.3 is 9.26 Å². The van der Waals surface area contributed by atoms with Gasteiger partial charge in [-0.05, 0) is 55.8 Å². The van der Waals surface area contributed by atoms with Crippen molar-refractivity contribution < 1.29 is 18.4 Å². The Kier molecular flexibility index (Phi) is 4.74. The SMILES string of the molecule is CC(C)OC(=O)Nc1onc(-c2ccc(F)cc2)c1-c1ccncc1. The molecule has 0 fully saturated rings. The molecule has 1 N–H and O–H groups in total. The number of halogens is 1. The van der Waals surface area contributed by atoms with Crippen molar-refractivity contribution in [2.45, 2.75) is 20.0 Å². The van der Waals surface area contributed by atoms with Crippen LogP contribution in [0.2, 0.25) is 0 Å². The van der Waals surface area contributed by atoms with Crippen molar-refractivity contribution in [2.75, 3.05) is 5.32 Å². The Balaban J connectivity index is 2.04. The smallest absolute Gasteiger partial charge is 0.414 e. The van der Waals surface area contributed by atoms with E-state index in [0.717, 1.165) is 5.56 Å². The largest absolute Gasteiger partial charge is 0.447 e. The number of benzene rings is 1. The molecule has 0 saturated carbocycles. The number of carbonyl (C=O) groups is 1. The van der Waals surface area contributed by atoms with E-state index < -0.39 is 6.09 Å². The number of ether oxygens (including phenoxy) is 1. The number of hydrogen-bond donors (Lipinski definition) is 1. The topological polar surface area (TPSA) is 77.2 Å². The molecule has 1 aromatic carbocycles. The Morgan fingerprint density at radius 1 is 1.12 bits per heavy atom. The molecule has 0 saturated heterocycles. The lowest BCUT2D eigenvalue weighted by Gasteiger charge is -2.09. The Morgan fingerprint density at radius 2 is 1.80 bits per heavy atom. The first-order valence-corrected chi connectivity index (χ1v) is 7.68. The number of rotatable bonds is 4. The molecule has 0 atom stereocenters. The number of hydrogen-bond acceptors (Lipinski definition) is 5. The molecule has 2 aromatic heterocycles. The zero-order valence-corrected chi connectivity index (χ0v) is 13.7. The van der Waals surface area contributed by atoms with Crippen LogP contribution in [-0.4, -0.2) is 22.3 Å². The van der Waals surface area contributed by atoms with E-state index >= 15 is 0 Å². The Morgan fingerprint density at radius 3 is 2.44 bits per heavy atom. The monoisotopic (exact) mass is 341 g/mol. The minimum absolute atomic E-state index is 0.149. The van der Waals surface area contributed by atoms with E-state index in [1.54, 1.807) is 50.5 Å². The molecule has 25 heavy (non-hydrogen) atoms. The molecule has 128 valence electrons. The second-order valence-corrected chi connectivity index (χ2v) is 5.56. The molecule has 0 aliphatic rings. The molecule has 7 heteroatoms. The van der Waals surface area contributed by atoms with Crippen LogP contribution in [0.4, 0.5) is 15.1 Å². The minimum Gasteiger partial charge on any atom is -0.447 e. The summed E-state index contributed by atoms with van der Waals surface area (Å²) >= 11 is 0. The van der Waals surface area contributed by atoms with Crippen LogP contribution in [0, 0.1) is 5.82 Å². The molecule has 0 radical (unpaired) electrons. The third-order valence-corrected chi connectivity index (χ3v) is 3.34. The normalized spacial score (nSPS) is 10.7. The maximum Gasteiger partial charge on any atom is 0.414 e. The van der Waals surface area contributed by atoms with Gasteiger partial charge in [-0.1, -0.05) is 5.16 Å². The lowest BCUT2D eigenvalue weighted by Crippen LogP contribution is -2.18. The molecule has 0 aliphatic heterocycles. The third-order valence-electron chi connectivity index (χ3n) is 3.34. The van der Waals surface area contributed by atoms with Gasteiger partial charge in [0.25, 0.3) is 0 Å². The lowest BCUT2D eigenvalue weighted by atomic mass is 10.0. The summed E-state index contributed by atoms with van der Waals surface area (Å²) in [5.74, 6) is -0.201. The number of amides is 1. The summed E-state index contributed by atoms with van der Waals surface area (Å²) in [7, 11) is 0. The number of nitrogens with one attached hydrogen (secondary N) is 1. The summed E-state index contributed by atoms with van der Waals surface area (Å²) in [5, 5.41) is 6.59. The van der Waals surface area contributed by atoms with Gasteiger partial charge in [-0.3, -0.25) is 10.3 Å². The average Bonchev–Trinajstić information content (AvgIpc) is 2.99. The number of carbonyl (C=O) groups excluding carboxylic acids is 1. The van der Waals surface area contributed by atoms with Crippen molar-refractivity contribution >= 4 is 12.0 Å². The summed E-state index contributed by atoms with van der Waals surface area (Å²) in [6.45, 7) is 3.49. The van der Waals surface area contributed by atoms with E-state index in [4.69, 9.17) is 9.26 Å². The van der Waals surface area contributed by atoms with Crippen LogP contribution in [0.25, 0.3) is 22.4 Å². The Labute approximate surface area is 143 Å². The van der Waals surface area contributed by atoms with Crippen molar-refractivity contribution in [3.63, 3.8) is 0 Å². The van der Waals surface area contributed by atoms with Gasteiger partial charge in [0.05, 0.1) is 11.7 Å². The van der Waals surface area contributed by atoms with E-state index in [-0.39, 0.29) is 17.8 Å². The van der Waals surface area contributed by atoms with Crippen LogP contribution in [0.5, 0.6) is 0 Å². The second kappa shape index (κ2) is 7.12. The van der Waals surface area contributed by atoms with Crippen molar-refractivity contribution in [2.24, 2.45) is 0 Å². The molecule has 6 nitrogen and oxygen atoms in total. The van der Waals surface area contributed by atoms with Crippen LogP contribution in [0.15, 0.2) is 53.3 Å². The maximum absolute atomic E-state index is 13.2. The fourth-order valence-electron chi connectivity index (χ4n) is 2.30. The van der Waals surface area contributed by atoms with Crippen molar-refractivity contribution in [1.29, 1.82) is 0 Å². The van der Waals surface area contributed by atoms with Gasteiger partial charge in [0, 0.05) is 18.0 Å². The van der Waals surface area contributed by atoms with Gasteiger partial charge in [0.15, 0.2) is 0 Å². The molecule has 0 bridgehead atoms. The van der Waals surface area contributed by atoms with Crippen molar-refractivity contribution in [3.05, 3.63) is 54.6 Å². The number of aromatic nitrogens is 2. The molecular weight excluding hydrogens is 325 g/mol. The van der Waals surface area contributed by atoms with Gasteiger partial charge in [0.2, 0.25) is 5.88 Å². The zero-order valence-electron chi connectivity index (χ0n) is 13.7. The minimum atomic E-state index is -0.646. The highest BCUT2D eigenvalue weighted by Crippen LogP contribution is 2.37. The van der Waals surface area contributed by atoms with E-state index in [9.17, 15) is 9.18 Å². The summed E-state index contributed by atoms with van der Waals surface area (Å²) in [5.41, 5.74) is 2.44. The predicted octanol–water partition coefficient (Wildman–Crippen LogP) is 4.50. The zero-order chi connectivity index (χ0) is 17.8. The molecule has 1 amide bonds. The molecule has 3 rings (SSSR count). The van der Waals surface area contributed by atoms with E-state index in [1.807, 2.05) is 0 Å². The second-order valence-electron chi connectivity index (χ2n) is 5.56. The first-order chi connectivity index (χ1) is 12.0. The fraction of sp³-hybridized carbons (Fsp3) is 0.167. The van der Waals surface area contributed by atoms with Crippen LogP contribution in [0.3, 0.4) is 0 Å². The molecule has 3 aromatic rings. The molecule has 0 aliphatic carbocycles. The van der Waals surface area contributed by atoms with E-state index in [2.05, 4.69) is 15.5 Å². The highest BCUT2D eigenvalue weighted by atomic mass is 19.1. The van der Waals surface area contributed by atoms with Gasteiger partial charge in [0.1, 0.15) is 11.5 Å². The maximum atomic E-state index is 13.2. The van der Waals surface area contributed by atoms with Crippen LogP contribution in [0.1, 0.15) is 13.8 Å². The summed E-state index contributed by atoms with van der Waals surface area (Å²) in [4.78, 5) is 15.9. The van der Waals surface area contributed by atoms with E-state index in [1.165, 1.54) is 12.1 Å². The van der Waals surface area contributed by atoms with Gasteiger partial charge >= 0.3 is 6.09 Å². The highest BCUT2D eigenvalue weighted by molar-refractivity contribution is 5.94.